The predicted octanol–water partition coefficient (Wildman–Crippen LogP) is 2.42. The summed E-state index contributed by atoms with van der Waals surface area (Å²) in [5, 5.41) is 0. The lowest BCUT2D eigenvalue weighted by Gasteiger charge is -2.22. The molecule has 1 aromatic rings. The van der Waals surface area contributed by atoms with Crippen LogP contribution in [0.1, 0.15) is 32.4 Å². The van der Waals surface area contributed by atoms with Gasteiger partial charge in [-0.1, -0.05) is 6.07 Å². The fourth-order valence-electron chi connectivity index (χ4n) is 1.51. The van der Waals surface area contributed by atoms with Gasteiger partial charge in [0.15, 0.2) is 11.6 Å². The van der Waals surface area contributed by atoms with E-state index in [-0.39, 0.29) is 18.4 Å². The van der Waals surface area contributed by atoms with E-state index in [4.69, 9.17) is 10.5 Å². The van der Waals surface area contributed by atoms with Gasteiger partial charge in [-0.2, -0.15) is 0 Å². The second-order valence-corrected chi connectivity index (χ2v) is 5.14. The maximum atomic E-state index is 13.8. The third-order valence-corrected chi connectivity index (χ3v) is 2.81. The van der Waals surface area contributed by atoms with E-state index in [1.807, 2.05) is 0 Å². The molecule has 0 aliphatic rings. The van der Waals surface area contributed by atoms with E-state index in [1.165, 1.54) is 19.2 Å². The van der Waals surface area contributed by atoms with Crippen LogP contribution in [0.3, 0.4) is 0 Å². The predicted molar refractivity (Wildman–Crippen MR) is 70.3 cm³/mol. The van der Waals surface area contributed by atoms with Crippen molar-refractivity contribution in [1.82, 2.24) is 0 Å². The Balaban J connectivity index is 2.76. The van der Waals surface area contributed by atoms with Gasteiger partial charge in [-0.3, -0.25) is 4.79 Å². The van der Waals surface area contributed by atoms with Crippen LogP contribution in [0.15, 0.2) is 18.2 Å². The van der Waals surface area contributed by atoms with Gasteiger partial charge in [0.1, 0.15) is 6.61 Å². The lowest BCUT2D eigenvalue weighted by Crippen LogP contribution is -2.32. The first kappa shape index (κ1) is 15.4. The lowest BCUT2D eigenvalue weighted by atomic mass is 9.95. The van der Waals surface area contributed by atoms with Crippen LogP contribution in [0, 0.1) is 11.2 Å². The number of carbonyl (C=O) groups is 1. The first-order valence-electron chi connectivity index (χ1n) is 6.04. The zero-order chi connectivity index (χ0) is 14.6. The van der Waals surface area contributed by atoms with Crippen molar-refractivity contribution in [3.8, 4) is 5.75 Å². The normalized spacial score (nSPS) is 12.9. The highest BCUT2D eigenvalue weighted by molar-refractivity contribution is 5.75. The van der Waals surface area contributed by atoms with E-state index in [1.54, 1.807) is 26.8 Å². The number of carbonyl (C=O) groups excluding carboxylic acids is 1. The molecule has 0 unspecified atom stereocenters. The Morgan fingerprint density at radius 1 is 1.47 bits per heavy atom. The molecule has 19 heavy (non-hydrogen) atoms. The Bertz CT molecular complexity index is 458. The largest absolute Gasteiger partial charge is 0.489 e. The second kappa shape index (κ2) is 6.02. The highest BCUT2D eigenvalue weighted by Crippen LogP contribution is 2.24. The Morgan fingerprint density at radius 2 is 2.11 bits per heavy atom. The molecule has 1 atom stereocenters. The average molecular weight is 269 g/mol. The minimum Gasteiger partial charge on any atom is -0.489 e. The summed E-state index contributed by atoms with van der Waals surface area (Å²) in [6.45, 7) is 5.16. The average Bonchev–Trinajstić information content (AvgIpc) is 2.36. The van der Waals surface area contributed by atoms with E-state index in [0.717, 1.165) is 0 Å². The molecule has 0 aromatic heterocycles. The Labute approximate surface area is 112 Å². The quantitative estimate of drug-likeness (QED) is 0.834. The van der Waals surface area contributed by atoms with Gasteiger partial charge in [-0.25, -0.2) is 4.39 Å². The first-order chi connectivity index (χ1) is 8.77. The SMILES string of the molecule is COC(=O)C(C)(C)COc1ccc([C@@H](C)N)cc1F. The maximum Gasteiger partial charge on any atom is 0.314 e. The van der Waals surface area contributed by atoms with Crippen molar-refractivity contribution >= 4 is 5.97 Å². The monoisotopic (exact) mass is 269 g/mol. The van der Waals surface area contributed by atoms with Crippen molar-refractivity contribution in [2.75, 3.05) is 13.7 Å². The fraction of sp³-hybridized carbons (Fsp3) is 0.500. The van der Waals surface area contributed by atoms with Crippen molar-refractivity contribution < 1.29 is 18.7 Å². The summed E-state index contributed by atoms with van der Waals surface area (Å²) in [6.07, 6.45) is 0. The molecule has 0 aliphatic carbocycles. The summed E-state index contributed by atoms with van der Waals surface area (Å²) in [4.78, 5) is 11.5. The molecule has 106 valence electrons. The Kier molecular flexibility index (Phi) is 4.89. The molecule has 0 bridgehead atoms. The lowest BCUT2D eigenvalue weighted by molar-refractivity contribution is -0.152. The fourth-order valence-corrected chi connectivity index (χ4v) is 1.51. The number of nitrogens with two attached hydrogens (primary N) is 1. The van der Waals surface area contributed by atoms with Crippen LogP contribution >= 0.6 is 0 Å². The van der Waals surface area contributed by atoms with Crippen LogP contribution in [0.2, 0.25) is 0 Å². The van der Waals surface area contributed by atoms with E-state index in [2.05, 4.69) is 4.74 Å². The number of rotatable bonds is 5. The molecule has 1 rings (SSSR count). The van der Waals surface area contributed by atoms with Crippen LogP contribution in [-0.2, 0) is 9.53 Å². The second-order valence-electron chi connectivity index (χ2n) is 5.14. The number of esters is 1. The van der Waals surface area contributed by atoms with E-state index in [0.29, 0.717) is 5.56 Å². The third-order valence-electron chi connectivity index (χ3n) is 2.81. The molecule has 2 N–H and O–H groups in total. The number of methoxy groups -OCH3 is 1. The molecule has 0 spiro atoms. The number of benzene rings is 1. The first-order valence-corrected chi connectivity index (χ1v) is 6.04. The zero-order valence-corrected chi connectivity index (χ0v) is 11.7. The smallest absolute Gasteiger partial charge is 0.314 e. The van der Waals surface area contributed by atoms with Crippen LogP contribution < -0.4 is 10.5 Å². The van der Waals surface area contributed by atoms with E-state index in [9.17, 15) is 9.18 Å². The van der Waals surface area contributed by atoms with Crippen LogP contribution in [-0.4, -0.2) is 19.7 Å². The highest BCUT2D eigenvalue weighted by Gasteiger charge is 2.30. The summed E-state index contributed by atoms with van der Waals surface area (Å²) in [7, 11) is 1.31. The molecule has 0 fully saturated rings. The summed E-state index contributed by atoms with van der Waals surface area (Å²) in [6, 6.07) is 4.32. The van der Waals surface area contributed by atoms with Gasteiger partial charge in [0, 0.05) is 6.04 Å². The van der Waals surface area contributed by atoms with Gasteiger partial charge in [-0.05, 0) is 38.5 Å². The zero-order valence-electron chi connectivity index (χ0n) is 11.7. The molecule has 0 saturated heterocycles. The minimum atomic E-state index is -0.832. The molecular weight excluding hydrogens is 249 g/mol. The molecule has 1 aromatic carbocycles. The summed E-state index contributed by atoms with van der Waals surface area (Å²) < 4.78 is 23.8. The third kappa shape index (κ3) is 3.92. The Morgan fingerprint density at radius 3 is 2.58 bits per heavy atom. The molecule has 0 amide bonds. The van der Waals surface area contributed by atoms with Crippen molar-refractivity contribution in [2.24, 2.45) is 11.1 Å². The molecule has 0 aliphatic heterocycles. The Hall–Kier alpha value is -1.62. The number of hydrogen-bond acceptors (Lipinski definition) is 4. The molecule has 4 nitrogen and oxygen atoms in total. The van der Waals surface area contributed by atoms with Crippen molar-refractivity contribution in [2.45, 2.75) is 26.8 Å². The van der Waals surface area contributed by atoms with E-state index >= 15 is 0 Å². The van der Waals surface area contributed by atoms with Crippen molar-refractivity contribution in [3.05, 3.63) is 29.6 Å². The summed E-state index contributed by atoms with van der Waals surface area (Å²) >= 11 is 0. The van der Waals surface area contributed by atoms with Crippen LogP contribution in [0.4, 0.5) is 4.39 Å². The minimum absolute atomic E-state index is 0.0358. The van der Waals surface area contributed by atoms with Crippen molar-refractivity contribution in [1.29, 1.82) is 0 Å². The number of halogens is 1. The molecule has 5 heteroatoms. The van der Waals surface area contributed by atoms with Gasteiger partial charge >= 0.3 is 5.97 Å². The van der Waals surface area contributed by atoms with Gasteiger partial charge in [0.2, 0.25) is 0 Å². The molecular formula is C14H20FNO3. The highest BCUT2D eigenvalue weighted by atomic mass is 19.1. The number of hydrogen-bond donors (Lipinski definition) is 1. The standard InChI is InChI=1S/C14H20FNO3/c1-9(16)10-5-6-12(11(15)7-10)19-8-14(2,3)13(17)18-4/h5-7,9H,8,16H2,1-4H3/t9-/m1/s1. The van der Waals surface area contributed by atoms with E-state index < -0.39 is 17.2 Å². The van der Waals surface area contributed by atoms with Gasteiger partial charge < -0.3 is 15.2 Å². The molecule has 0 heterocycles. The van der Waals surface area contributed by atoms with Gasteiger partial charge in [-0.15, -0.1) is 0 Å². The van der Waals surface area contributed by atoms with Gasteiger partial charge in [0.05, 0.1) is 12.5 Å². The van der Waals surface area contributed by atoms with Crippen LogP contribution in [0.25, 0.3) is 0 Å². The summed E-state index contributed by atoms with van der Waals surface area (Å²) in [5.41, 5.74) is 5.52. The topological polar surface area (TPSA) is 61.5 Å². The molecule has 0 radical (unpaired) electrons. The molecule has 0 saturated carbocycles. The van der Waals surface area contributed by atoms with Gasteiger partial charge in [0.25, 0.3) is 0 Å². The van der Waals surface area contributed by atoms with Crippen LogP contribution in [0.5, 0.6) is 5.75 Å². The summed E-state index contributed by atoms with van der Waals surface area (Å²) in [5.74, 6) is -0.794. The number of ether oxygens (including phenoxy) is 2. The van der Waals surface area contributed by atoms with Crippen molar-refractivity contribution in [3.63, 3.8) is 0 Å². The maximum absolute atomic E-state index is 13.8.